The van der Waals surface area contributed by atoms with E-state index in [1.54, 1.807) is 0 Å². The van der Waals surface area contributed by atoms with Crippen LogP contribution >= 0.6 is 11.6 Å². The molecule has 1 atom stereocenters. The van der Waals surface area contributed by atoms with Crippen molar-refractivity contribution in [2.24, 2.45) is 5.73 Å². The van der Waals surface area contributed by atoms with Crippen molar-refractivity contribution in [3.05, 3.63) is 69.7 Å². The van der Waals surface area contributed by atoms with Crippen molar-refractivity contribution in [2.45, 2.75) is 32.7 Å². The first-order valence-electron chi connectivity index (χ1n) is 6.60. The molecule has 2 heteroatoms. The fourth-order valence-corrected chi connectivity index (χ4v) is 2.39. The minimum atomic E-state index is -0.125. The number of aryl methyl sites for hydroxylation is 1. The van der Waals surface area contributed by atoms with E-state index in [4.69, 9.17) is 17.3 Å². The van der Waals surface area contributed by atoms with Gasteiger partial charge >= 0.3 is 0 Å². The molecule has 2 rings (SSSR count). The van der Waals surface area contributed by atoms with Gasteiger partial charge in [-0.2, -0.15) is 0 Å². The Bertz CT molecular complexity index is 558. The Hall–Kier alpha value is -1.31. The zero-order chi connectivity index (χ0) is 14.0. The van der Waals surface area contributed by atoms with Crippen LogP contribution in [0.25, 0.3) is 0 Å². The molecule has 0 spiro atoms. The predicted octanol–water partition coefficient (Wildman–Crippen LogP) is 4.82. The van der Waals surface area contributed by atoms with Crippen molar-refractivity contribution in [3.63, 3.8) is 0 Å². The molecule has 2 aromatic carbocycles. The third kappa shape index (κ3) is 3.17. The number of halogens is 1. The van der Waals surface area contributed by atoms with Crippen LogP contribution in [0.1, 0.15) is 48.1 Å². The fourth-order valence-electron chi connectivity index (χ4n) is 2.21. The van der Waals surface area contributed by atoms with Gasteiger partial charge < -0.3 is 5.73 Å². The lowest BCUT2D eigenvalue weighted by Crippen LogP contribution is -2.13. The van der Waals surface area contributed by atoms with Crippen LogP contribution in [0.4, 0.5) is 0 Å². The Labute approximate surface area is 120 Å². The molecule has 100 valence electrons. The molecule has 0 fully saturated rings. The summed E-state index contributed by atoms with van der Waals surface area (Å²) < 4.78 is 0. The van der Waals surface area contributed by atoms with Crippen LogP contribution in [0.3, 0.4) is 0 Å². The van der Waals surface area contributed by atoms with Crippen molar-refractivity contribution >= 4 is 11.6 Å². The van der Waals surface area contributed by atoms with Gasteiger partial charge in [0.15, 0.2) is 0 Å². The van der Waals surface area contributed by atoms with Crippen LogP contribution < -0.4 is 5.73 Å². The Kier molecular flexibility index (Phi) is 4.28. The van der Waals surface area contributed by atoms with Crippen molar-refractivity contribution in [1.29, 1.82) is 0 Å². The van der Waals surface area contributed by atoms with E-state index in [-0.39, 0.29) is 6.04 Å². The monoisotopic (exact) mass is 273 g/mol. The molecule has 0 bridgehead atoms. The first kappa shape index (κ1) is 14.1. The second-order valence-corrected chi connectivity index (χ2v) is 5.74. The molecule has 2 N–H and O–H groups in total. The van der Waals surface area contributed by atoms with Crippen molar-refractivity contribution in [1.82, 2.24) is 0 Å². The molecule has 0 saturated carbocycles. The average molecular weight is 274 g/mol. The minimum Gasteiger partial charge on any atom is -0.320 e. The number of hydrogen-bond donors (Lipinski definition) is 1. The summed E-state index contributed by atoms with van der Waals surface area (Å²) in [5.41, 5.74) is 11.1. The highest BCUT2D eigenvalue weighted by atomic mass is 35.5. The number of nitrogens with two attached hydrogens (primary N) is 1. The molecule has 0 heterocycles. The van der Waals surface area contributed by atoms with Gasteiger partial charge in [0.2, 0.25) is 0 Å². The summed E-state index contributed by atoms with van der Waals surface area (Å²) in [7, 11) is 0. The largest absolute Gasteiger partial charge is 0.320 e. The first-order valence-corrected chi connectivity index (χ1v) is 6.98. The lowest BCUT2D eigenvalue weighted by molar-refractivity contribution is 0.843. The van der Waals surface area contributed by atoms with E-state index in [2.05, 4.69) is 45.0 Å². The highest BCUT2D eigenvalue weighted by molar-refractivity contribution is 6.30. The lowest BCUT2D eigenvalue weighted by atomic mass is 9.93. The van der Waals surface area contributed by atoms with Crippen LogP contribution in [0, 0.1) is 6.92 Å². The molecule has 1 unspecified atom stereocenters. The molecule has 0 aromatic heterocycles. The zero-order valence-corrected chi connectivity index (χ0v) is 12.4. The molecule has 0 radical (unpaired) electrons. The number of rotatable bonds is 3. The summed E-state index contributed by atoms with van der Waals surface area (Å²) in [6, 6.07) is 14.3. The average Bonchev–Trinajstić information content (AvgIpc) is 2.41. The third-order valence-electron chi connectivity index (χ3n) is 3.54. The summed E-state index contributed by atoms with van der Waals surface area (Å²) in [6.45, 7) is 6.44. The van der Waals surface area contributed by atoms with Gasteiger partial charge in [-0.05, 0) is 47.2 Å². The minimum absolute atomic E-state index is 0.125. The van der Waals surface area contributed by atoms with Gasteiger partial charge in [0, 0.05) is 5.02 Å². The Balaban J connectivity index is 2.33. The Morgan fingerprint density at radius 2 is 1.53 bits per heavy atom. The summed E-state index contributed by atoms with van der Waals surface area (Å²) in [5.74, 6) is 0.540. The smallest absolute Gasteiger partial charge is 0.0554 e. The maximum absolute atomic E-state index is 6.35. The van der Waals surface area contributed by atoms with Gasteiger partial charge in [0.25, 0.3) is 0 Å². The molecule has 0 aliphatic rings. The highest BCUT2D eigenvalue weighted by Gasteiger charge is 2.12. The van der Waals surface area contributed by atoms with Gasteiger partial charge in [0.1, 0.15) is 0 Å². The maximum atomic E-state index is 6.35. The van der Waals surface area contributed by atoms with Crippen LogP contribution in [-0.2, 0) is 0 Å². The van der Waals surface area contributed by atoms with Crippen molar-refractivity contribution < 1.29 is 0 Å². The summed E-state index contributed by atoms with van der Waals surface area (Å²) >= 11 is 6.06. The highest BCUT2D eigenvalue weighted by Crippen LogP contribution is 2.26. The van der Waals surface area contributed by atoms with E-state index < -0.39 is 0 Å². The van der Waals surface area contributed by atoms with Crippen LogP contribution in [-0.4, -0.2) is 0 Å². The molecule has 2 aromatic rings. The Morgan fingerprint density at radius 3 is 2.11 bits per heavy atom. The number of hydrogen-bond acceptors (Lipinski definition) is 1. The van der Waals surface area contributed by atoms with Crippen LogP contribution in [0.2, 0.25) is 5.02 Å². The first-order chi connectivity index (χ1) is 8.99. The normalized spacial score (nSPS) is 12.7. The summed E-state index contributed by atoms with van der Waals surface area (Å²) in [4.78, 5) is 0. The molecule has 0 aliphatic heterocycles. The van der Waals surface area contributed by atoms with Gasteiger partial charge in [0.05, 0.1) is 6.04 Å². The molecule has 19 heavy (non-hydrogen) atoms. The van der Waals surface area contributed by atoms with E-state index in [1.165, 1.54) is 11.1 Å². The molecule has 1 nitrogen and oxygen atoms in total. The quantitative estimate of drug-likeness (QED) is 0.852. The Morgan fingerprint density at radius 1 is 0.947 bits per heavy atom. The van der Waals surface area contributed by atoms with Crippen molar-refractivity contribution in [3.8, 4) is 0 Å². The van der Waals surface area contributed by atoms with E-state index in [0.717, 1.165) is 16.1 Å². The van der Waals surface area contributed by atoms with Gasteiger partial charge in [-0.25, -0.2) is 0 Å². The topological polar surface area (TPSA) is 26.0 Å². The molecular formula is C17H20ClN. The summed E-state index contributed by atoms with van der Waals surface area (Å²) in [6.07, 6.45) is 0. The molecule has 0 amide bonds. The fraction of sp³-hybridized carbons (Fsp3) is 0.294. The molecule has 0 aliphatic carbocycles. The zero-order valence-electron chi connectivity index (χ0n) is 11.7. The molecular weight excluding hydrogens is 254 g/mol. The van der Waals surface area contributed by atoms with E-state index in [1.807, 2.05) is 18.2 Å². The molecule has 0 saturated heterocycles. The predicted molar refractivity (Wildman–Crippen MR) is 82.8 cm³/mol. The van der Waals surface area contributed by atoms with Crippen molar-refractivity contribution in [2.75, 3.05) is 0 Å². The van der Waals surface area contributed by atoms with Gasteiger partial charge in [-0.15, -0.1) is 0 Å². The maximum Gasteiger partial charge on any atom is 0.0554 e. The standard InChI is InChI=1S/C17H20ClN/c1-11(2)13-5-7-14(8-6-13)17(19)16-10-15(18)9-4-12(16)3/h4-11,17H,19H2,1-3H3. The second-order valence-electron chi connectivity index (χ2n) is 5.30. The SMILES string of the molecule is Cc1ccc(Cl)cc1C(N)c1ccc(C(C)C)cc1. The van der Waals surface area contributed by atoms with Crippen LogP contribution in [0.5, 0.6) is 0 Å². The van der Waals surface area contributed by atoms with Gasteiger partial charge in [-0.1, -0.05) is 55.8 Å². The van der Waals surface area contributed by atoms with E-state index in [0.29, 0.717) is 5.92 Å². The lowest BCUT2D eigenvalue weighted by Gasteiger charge is -2.16. The second kappa shape index (κ2) is 5.77. The van der Waals surface area contributed by atoms with Crippen LogP contribution in [0.15, 0.2) is 42.5 Å². The van der Waals surface area contributed by atoms with E-state index in [9.17, 15) is 0 Å². The summed E-state index contributed by atoms with van der Waals surface area (Å²) in [5, 5.41) is 0.731. The number of benzene rings is 2. The third-order valence-corrected chi connectivity index (χ3v) is 3.77. The van der Waals surface area contributed by atoms with Gasteiger partial charge in [-0.3, -0.25) is 0 Å². The van der Waals surface area contributed by atoms with E-state index >= 15 is 0 Å².